The van der Waals surface area contributed by atoms with Crippen molar-refractivity contribution < 1.29 is 27.1 Å². The van der Waals surface area contributed by atoms with Gasteiger partial charge in [-0.2, -0.15) is 13.2 Å². The van der Waals surface area contributed by atoms with Crippen molar-refractivity contribution in [2.45, 2.75) is 50.7 Å². The fraction of sp³-hybridized carbons (Fsp3) is 0.611. The van der Waals surface area contributed by atoms with Crippen molar-refractivity contribution in [1.82, 2.24) is 5.32 Å². The van der Waals surface area contributed by atoms with E-state index in [1.54, 1.807) is 0 Å². The third-order valence-electron chi connectivity index (χ3n) is 4.42. The molecular weight excluding hydrogens is 338 g/mol. The number of hydrogen-bond acceptors (Lipinski definition) is 3. The minimum atomic E-state index is -4.74. The Labute approximate surface area is 144 Å². The number of carbonyl (C=O) groups is 1. The van der Waals surface area contributed by atoms with Gasteiger partial charge in [0.1, 0.15) is 11.6 Å². The van der Waals surface area contributed by atoms with Crippen molar-refractivity contribution in [3.63, 3.8) is 0 Å². The van der Waals surface area contributed by atoms with E-state index >= 15 is 0 Å². The zero-order chi connectivity index (χ0) is 18.4. The highest BCUT2D eigenvalue weighted by Crippen LogP contribution is 2.33. The van der Waals surface area contributed by atoms with E-state index in [9.17, 15) is 22.4 Å². The fourth-order valence-corrected chi connectivity index (χ4v) is 3.00. The summed E-state index contributed by atoms with van der Waals surface area (Å²) in [6, 6.07) is 2.96. The minimum Gasteiger partial charge on any atom is -0.381 e. The summed E-state index contributed by atoms with van der Waals surface area (Å²) >= 11 is 0. The van der Waals surface area contributed by atoms with Crippen LogP contribution in [0.4, 0.5) is 17.6 Å². The fourth-order valence-electron chi connectivity index (χ4n) is 3.00. The van der Waals surface area contributed by atoms with Gasteiger partial charge in [0.15, 0.2) is 0 Å². The van der Waals surface area contributed by atoms with Crippen LogP contribution >= 0.6 is 0 Å². The molecule has 0 unspecified atom stereocenters. The molecule has 1 aliphatic rings. The van der Waals surface area contributed by atoms with Gasteiger partial charge in [-0.1, -0.05) is 13.0 Å². The highest BCUT2D eigenvalue weighted by molar-refractivity contribution is 5.86. The number of ether oxygens (including phenoxy) is 1. The van der Waals surface area contributed by atoms with Crippen LogP contribution in [-0.4, -0.2) is 31.6 Å². The minimum absolute atomic E-state index is 0.0961. The standard InChI is InChI=1S/C18H23F4NO2/c1-2-3-17(24)14(11-23-13-6-8-25-9-7-13)12-4-5-15(16(19)10-12)18(20,21)22/h4-5,10,13-14,23H,2-3,6-9,11H2,1H3/t14-/m1/s1. The molecule has 1 heterocycles. The molecule has 1 aliphatic heterocycles. The first-order chi connectivity index (χ1) is 11.8. The van der Waals surface area contributed by atoms with Gasteiger partial charge in [0.25, 0.3) is 0 Å². The zero-order valence-corrected chi connectivity index (χ0v) is 14.2. The molecule has 1 atom stereocenters. The molecule has 0 spiro atoms. The van der Waals surface area contributed by atoms with Crippen LogP contribution in [0, 0.1) is 5.82 Å². The van der Waals surface area contributed by atoms with Crippen molar-refractivity contribution in [2.75, 3.05) is 19.8 Å². The van der Waals surface area contributed by atoms with Crippen LogP contribution in [0.15, 0.2) is 18.2 Å². The Morgan fingerprint density at radius 1 is 1.32 bits per heavy atom. The Hall–Kier alpha value is -1.47. The van der Waals surface area contributed by atoms with Crippen LogP contribution in [0.1, 0.15) is 49.7 Å². The van der Waals surface area contributed by atoms with Crippen LogP contribution in [0.3, 0.4) is 0 Å². The summed E-state index contributed by atoms with van der Waals surface area (Å²) in [6.45, 7) is 3.42. The lowest BCUT2D eigenvalue weighted by Crippen LogP contribution is -2.38. The quantitative estimate of drug-likeness (QED) is 0.744. The molecule has 0 radical (unpaired) electrons. The molecule has 140 valence electrons. The van der Waals surface area contributed by atoms with Crippen LogP contribution in [-0.2, 0) is 15.7 Å². The Morgan fingerprint density at radius 3 is 2.56 bits per heavy atom. The van der Waals surface area contributed by atoms with E-state index in [2.05, 4.69) is 5.32 Å². The summed E-state index contributed by atoms with van der Waals surface area (Å²) in [6.07, 6.45) is -2.17. The maximum Gasteiger partial charge on any atom is 0.419 e. The molecule has 7 heteroatoms. The van der Waals surface area contributed by atoms with E-state index in [1.807, 2.05) is 6.92 Å². The summed E-state index contributed by atoms with van der Waals surface area (Å²) in [7, 11) is 0. The average Bonchev–Trinajstić information content (AvgIpc) is 2.55. The number of halogens is 4. The smallest absolute Gasteiger partial charge is 0.381 e. The molecule has 0 aromatic heterocycles. The van der Waals surface area contributed by atoms with Crippen molar-refractivity contribution in [3.05, 3.63) is 35.1 Å². The van der Waals surface area contributed by atoms with Gasteiger partial charge in [-0.05, 0) is 37.0 Å². The molecule has 25 heavy (non-hydrogen) atoms. The van der Waals surface area contributed by atoms with Crippen LogP contribution < -0.4 is 5.32 Å². The first-order valence-corrected chi connectivity index (χ1v) is 8.53. The Kier molecular flexibility index (Phi) is 6.95. The number of alkyl halides is 3. The second-order valence-corrected chi connectivity index (χ2v) is 6.30. The number of rotatable bonds is 7. The second-order valence-electron chi connectivity index (χ2n) is 6.30. The second kappa shape index (κ2) is 8.76. The molecule has 2 rings (SSSR count). The molecule has 1 fully saturated rings. The largest absolute Gasteiger partial charge is 0.419 e. The molecule has 1 saturated heterocycles. The molecule has 1 aromatic rings. The maximum atomic E-state index is 13.9. The number of hydrogen-bond donors (Lipinski definition) is 1. The highest BCUT2D eigenvalue weighted by Gasteiger charge is 2.34. The predicted molar refractivity (Wildman–Crippen MR) is 85.9 cm³/mol. The van der Waals surface area contributed by atoms with E-state index < -0.39 is 23.5 Å². The van der Waals surface area contributed by atoms with E-state index in [4.69, 9.17) is 4.74 Å². The lowest BCUT2D eigenvalue weighted by Gasteiger charge is -2.26. The molecule has 0 bridgehead atoms. The monoisotopic (exact) mass is 361 g/mol. The third kappa shape index (κ3) is 5.51. The Bertz CT molecular complexity index is 583. The van der Waals surface area contributed by atoms with Crippen molar-refractivity contribution in [2.24, 2.45) is 0 Å². The lowest BCUT2D eigenvalue weighted by atomic mass is 9.90. The van der Waals surface area contributed by atoms with Gasteiger partial charge < -0.3 is 10.1 Å². The first-order valence-electron chi connectivity index (χ1n) is 8.53. The summed E-state index contributed by atoms with van der Waals surface area (Å²) in [4.78, 5) is 12.4. The van der Waals surface area contributed by atoms with E-state index in [0.29, 0.717) is 32.1 Å². The topological polar surface area (TPSA) is 38.3 Å². The van der Waals surface area contributed by atoms with Gasteiger partial charge in [0.2, 0.25) is 0 Å². The van der Waals surface area contributed by atoms with Gasteiger partial charge in [0, 0.05) is 32.2 Å². The number of Topliss-reactive ketones (excluding diaryl/α,β-unsaturated/α-hetero) is 1. The van der Waals surface area contributed by atoms with E-state index in [1.165, 1.54) is 6.07 Å². The summed E-state index contributed by atoms with van der Waals surface area (Å²) in [5.41, 5.74) is -1.03. The highest BCUT2D eigenvalue weighted by atomic mass is 19.4. The predicted octanol–water partition coefficient (Wildman–Crippen LogP) is 4.07. The normalized spacial score (nSPS) is 17.5. The van der Waals surface area contributed by atoms with Gasteiger partial charge >= 0.3 is 6.18 Å². The molecule has 0 aliphatic carbocycles. The lowest BCUT2D eigenvalue weighted by molar-refractivity contribution is -0.140. The van der Waals surface area contributed by atoms with E-state index in [0.717, 1.165) is 18.9 Å². The van der Waals surface area contributed by atoms with Crippen molar-refractivity contribution in [1.29, 1.82) is 0 Å². The van der Waals surface area contributed by atoms with Gasteiger partial charge in [-0.25, -0.2) is 4.39 Å². The van der Waals surface area contributed by atoms with Crippen LogP contribution in [0.2, 0.25) is 0 Å². The summed E-state index contributed by atoms with van der Waals surface area (Å²) < 4.78 is 57.3. The average molecular weight is 361 g/mol. The maximum absolute atomic E-state index is 13.9. The summed E-state index contributed by atoms with van der Waals surface area (Å²) in [5, 5.41) is 3.28. The number of carbonyl (C=O) groups excluding carboxylic acids is 1. The van der Waals surface area contributed by atoms with E-state index in [-0.39, 0.29) is 23.9 Å². The van der Waals surface area contributed by atoms with Crippen molar-refractivity contribution >= 4 is 5.78 Å². The molecule has 1 N–H and O–H groups in total. The van der Waals surface area contributed by atoms with Crippen molar-refractivity contribution in [3.8, 4) is 0 Å². The van der Waals surface area contributed by atoms with Gasteiger partial charge in [0.05, 0.1) is 11.5 Å². The molecule has 3 nitrogen and oxygen atoms in total. The number of nitrogens with one attached hydrogen (secondary N) is 1. The van der Waals surface area contributed by atoms with Crippen LogP contribution in [0.5, 0.6) is 0 Å². The van der Waals surface area contributed by atoms with Crippen LogP contribution in [0.25, 0.3) is 0 Å². The third-order valence-corrected chi connectivity index (χ3v) is 4.42. The summed E-state index contributed by atoms with van der Waals surface area (Å²) in [5.74, 6) is -2.09. The Morgan fingerprint density at radius 2 is 2.00 bits per heavy atom. The Balaban J connectivity index is 2.16. The van der Waals surface area contributed by atoms with Gasteiger partial charge in [-0.15, -0.1) is 0 Å². The zero-order valence-electron chi connectivity index (χ0n) is 14.2. The SMILES string of the molecule is CCCC(=O)[C@H](CNC1CCOCC1)c1ccc(C(F)(F)F)c(F)c1. The molecule has 1 aromatic carbocycles. The number of benzene rings is 1. The molecule has 0 saturated carbocycles. The number of ketones is 1. The first kappa shape index (κ1) is 19.8. The molecular formula is C18H23F4NO2. The molecule has 0 amide bonds. The van der Waals surface area contributed by atoms with Gasteiger partial charge in [-0.3, -0.25) is 4.79 Å².